The average molecular weight is 354 g/mol. The van der Waals surface area contributed by atoms with E-state index in [4.69, 9.17) is 0 Å². The zero-order valence-corrected chi connectivity index (χ0v) is 15.6. The van der Waals surface area contributed by atoms with E-state index < -0.39 is 0 Å². The lowest BCUT2D eigenvalue weighted by molar-refractivity contribution is 0.951. The van der Waals surface area contributed by atoms with Gasteiger partial charge in [-0.15, -0.1) is 11.3 Å². The van der Waals surface area contributed by atoms with Gasteiger partial charge >= 0.3 is 0 Å². The van der Waals surface area contributed by atoms with E-state index in [-0.39, 0.29) is 5.56 Å². The van der Waals surface area contributed by atoms with Crippen LogP contribution in [-0.4, -0.2) is 21.6 Å². The second kappa shape index (κ2) is 7.61. The van der Waals surface area contributed by atoms with Gasteiger partial charge in [-0.05, 0) is 25.0 Å². The number of fused-ring (bicyclic) bond motifs is 3. The molecule has 130 valence electrons. The minimum atomic E-state index is -0.0455. The second-order valence-corrected chi connectivity index (χ2v) is 6.72. The van der Waals surface area contributed by atoms with Gasteiger partial charge in [0.05, 0.1) is 10.9 Å². The molecule has 0 spiro atoms. The Kier molecular flexibility index (Phi) is 5.28. The van der Waals surface area contributed by atoms with Crippen molar-refractivity contribution in [3.8, 4) is 0 Å². The first-order valence-corrected chi connectivity index (χ1v) is 9.36. The summed E-state index contributed by atoms with van der Waals surface area (Å²) in [6.45, 7) is 4.20. The summed E-state index contributed by atoms with van der Waals surface area (Å²) in [5.41, 5.74) is 2.48. The number of allylic oxidation sites excluding steroid dienone is 4. The Labute approximate surface area is 150 Å². The molecule has 0 aliphatic heterocycles. The number of unbranched alkanes of at least 4 members (excludes halogenated alkanes) is 1. The molecule has 1 N–H and O–H groups in total. The number of aromatic nitrogens is 3. The summed E-state index contributed by atoms with van der Waals surface area (Å²) < 4.78 is 2.27. The molecule has 0 amide bonds. The van der Waals surface area contributed by atoms with Crippen LogP contribution >= 0.6 is 11.3 Å². The van der Waals surface area contributed by atoms with Gasteiger partial charge in [-0.25, -0.2) is 9.97 Å². The van der Waals surface area contributed by atoms with E-state index in [1.54, 1.807) is 17.1 Å². The summed E-state index contributed by atoms with van der Waals surface area (Å²) in [6, 6.07) is 1.90. The SMILES string of the molecule is CC/C=C(\C=C/CCC)n1cnc2c(sc3nccc(NC)c32)c1=O. The highest BCUT2D eigenvalue weighted by atomic mass is 32.1. The lowest BCUT2D eigenvalue weighted by Crippen LogP contribution is -2.18. The average Bonchev–Trinajstić information content (AvgIpc) is 3.01. The summed E-state index contributed by atoms with van der Waals surface area (Å²) in [5.74, 6) is 0. The molecule has 0 aromatic carbocycles. The molecule has 0 bridgehead atoms. The van der Waals surface area contributed by atoms with E-state index in [9.17, 15) is 4.79 Å². The standard InChI is InChI=1S/C19H22N4OS/c1-4-6-7-9-13(8-5-2)23-12-22-16-15-14(20-3)10-11-21-18(15)25-17(16)19(23)24/h7-12H,4-6H2,1-3H3,(H,20,21)/b9-7-,13-8+. The normalized spacial score (nSPS) is 12.5. The van der Waals surface area contributed by atoms with Crippen molar-refractivity contribution in [2.75, 3.05) is 12.4 Å². The van der Waals surface area contributed by atoms with E-state index in [2.05, 4.69) is 35.2 Å². The molecule has 5 nitrogen and oxygen atoms in total. The number of nitrogens with zero attached hydrogens (tertiary/aromatic N) is 3. The van der Waals surface area contributed by atoms with Crippen molar-refractivity contribution in [2.24, 2.45) is 0 Å². The molecule has 0 saturated carbocycles. The Morgan fingerprint density at radius 2 is 2.20 bits per heavy atom. The van der Waals surface area contributed by atoms with Crippen molar-refractivity contribution in [3.05, 3.63) is 47.2 Å². The molecule has 25 heavy (non-hydrogen) atoms. The highest BCUT2D eigenvalue weighted by Gasteiger charge is 2.15. The van der Waals surface area contributed by atoms with E-state index in [0.717, 1.165) is 40.9 Å². The highest BCUT2D eigenvalue weighted by molar-refractivity contribution is 7.25. The quantitative estimate of drug-likeness (QED) is 0.654. The third-order valence-electron chi connectivity index (χ3n) is 3.99. The molecule has 0 unspecified atom stereocenters. The van der Waals surface area contributed by atoms with Crippen LogP contribution < -0.4 is 10.9 Å². The van der Waals surface area contributed by atoms with Crippen molar-refractivity contribution in [2.45, 2.75) is 33.1 Å². The predicted molar refractivity (Wildman–Crippen MR) is 107 cm³/mol. The monoisotopic (exact) mass is 354 g/mol. The summed E-state index contributed by atoms with van der Waals surface area (Å²) in [5, 5.41) is 4.07. The van der Waals surface area contributed by atoms with Gasteiger partial charge in [0.1, 0.15) is 15.9 Å². The zero-order valence-electron chi connectivity index (χ0n) is 14.7. The van der Waals surface area contributed by atoms with Gasteiger partial charge in [-0.2, -0.15) is 0 Å². The molecule has 6 heteroatoms. The number of anilines is 1. The third-order valence-corrected chi connectivity index (χ3v) is 5.06. The summed E-state index contributed by atoms with van der Waals surface area (Å²) in [6.07, 6.45) is 12.5. The Bertz CT molecular complexity index is 1010. The fourth-order valence-electron chi connectivity index (χ4n) is 2.77. The molecule has 0 atom stereocenters. The Balaban J connectivity index is 2.22. The van der Waals surface area contributed by atoms with Crippen LogP contribution in [0.3, 0.4) is 0 Å². The minimum absolute atomic E-state index is 0.0455. The molecule has 0 radical (unpaired) electrons. The van der Waals surface area contributed by atoms with Crippen molar-refractivity contribution < 1.29 is 0 Å². The van der Waals surface area contributed by atoms with Crippen LogP contribution in [0.5, 0.6) is 0 Å². The number of hydrogen-bond acceptors (Lipinski definition) is 5. The predicted octanol–water partition coefficient (Wildman–Crippen LogP) is 4.66. The van der Waals surface area contributed by atoms with E-state index >= 15 is 0 Å². The van der Waals surface area contributed by atoms with Crippen LogP contribution in [0.4, 0.5) is 5.69 Å². The van der Waals surface area contributed by atoms with Crippen LogP contribution in [0.25, 0.3) is 26.1 Å². The number of rotatable bonds is 6. The van der Waals surface area contributed by atoms with Crippen LogP contribution in [-0.2, 0) is 0 Å². The molecule has 3 rings (SSSR count). The van der Waals surface area contributed by atoms with E-state index in [0.29, 0.717) is 10.2 Å². The molecule has 0 saturated heterocycles. The smallest absolute Gasteiger partial charge is 0.275 e. The minimum Gasteiger partial charge on any atom is -0.387 e. The summed E-state index contributed by atoms with van der Waals surface area (Å²) in [4.78, 5) is 22.9. The Hall–Kier alpha value is -2.47. The molecule has 3 aromatic rings. The zero-order chi connectivity index (χ0) is 17.8. The molecular weight excluding hydrogens is 332 g/mol. The molecule has 0 aliphatic rings. The lowest BCUT2D eigenvalue weighted by Gasteiger charge is -2.06. The topological polar surface area (TPSA) is 59.8 Å². The van der Waals surface area contributed by atoms with Gasteiger partial charge in [-0.1, -0.05) is 32.4 Å². The lowest BCUT2D eigenvalue weighted by atomic mass is 10.2. The summed E-state index contributed by atoms with van der Waals surface area (Å²) in [7, 11) is 1.86. The van der Waals surface area contributed by atoms with Crippen LogP contribution in [0, 0.1) is 0 Å². The van der Waals surface area contributed by atoms with Crippen LogP contribution in [0.1, 0.15) is 33.1 Å². The number of hydrogen-bond donors (Lipinski definition) is 1. The maximum atomic E-state index is 13.1. The van der Waals surface area contributed by atoms with Gasteiger partial charge < -0.3 is 5.32 Å². The van der Waals surface area contributed by atoms with Crippen molar-refractivity contribution in [3.63, 3.8) is 0 Å². The Morgan fingerprint density at radius 3 is 2.92 bits per heavy atom. The van der Waals surface area contributed by atoms with Gasteiger partial charge in [0.15, 0.2) is 0 Å². The Morgan fingerprint density at radius 1 is 1.36 bits per heavy atom. The first-order chi connectivity index (χ1) is 12.2. The fraction of sp³-hybridized carbons (Fsp3) is 0.316. The van der Waals surface area contributed by atoms with Gasteiger partial charge in [0.2, 0.25) is 0 Å². The van der Waals surface area contributed by atoms with Gasteiger partial charge in [0, 0.05) is 24.6 Å². The van der Waals surface area contributed by atoms with Crippen molar-refractivity contribution in [1.29, 1.82) is 0 Å². The fourth-order valence-corrected chi connectivity index (χ4v) is 3.82. The van der Waals surface area contributed by atoms with E-state index in [1.807, 2.05) is 25.3 Å². The largest absolute Gasteiger partial charge is 0.387 e. The highest BCUT2D eigenvalue weighted by Crippen LogP contribution is 2.33. The first kappa shape index (κ1) is 17.4. The van der Waals surface area contributed by atoms with Gasteiger partial charge in [-0.3, -0.25) is 9.36 Å². The molecule has 3 aromatic heterocycles. The molecule has 0 fully saturated rings. The maximum Gasteiger partial charge on any atom is 0.275 e. The van der Waals surface area contributed by atoms with Gasteiger partial charge in [0.25, 0.3) is 5.56 Å². The van der Waals surface area contributed by atoms with Crippen molar-refractivity contribution >= 4 is 43.2 Å². The van der Waals surface area contributed by atoms with Crippen LogP contribution in [0.2, 0.25) is 0 Å². The summed E-state index contributed by atoms with van der Waals surface area (Å²) >= 11 is 1.40. The van der Waals surface area contributed by atoms with Crippen LogP contribution in [0.15, 0.2) is 41.6 Å². The maximum absolute atomic E-state index is 13.1. The second-order valence-electron chi connectivity index (χ2n) is 5.72. The number of nitrogens with one attached hydrogen (secondary N) is 1. The number of pyridine rings is 1. The first-order valence-electron chi connectivity index (χ1n) is 8.54. The number of thiophene rings is 1. The molecule has 0 aliphatic carbocycles. The van der Waals surface area contributed by atoms with Crippen molar-refractivity contribution in [1.82, 2.24) is 14.5 Å². The van der Waals surface area contributed by atoms with E-state index in [1.165, 1.54) is 11.3 Å². The molecule has 3 heterocycles. The molecular formula is C19H22N4OS. The third kappa shape index (κ3) is 3.22.